The van der Waals surface area contributed by atoms with Gasteiger partial charge in [-0.1, -0.05) is 36.4 Å². The van der Waals surface area contributed by atoms with E-state index in [0.717, 1.165) is 21.3 Å². The standard InChI is InChI=1S/C22H21BrN2O3/c1-3-28-22(26)18(13-17-9-10-20(27-2)19(23)14-17)21-24-11-12-25(21)15-16-7-5-4-6-8-16/h4-14H,3,15H2,1-2H3/b18-13+. The number of carbonyl (C=O) groups is 1. The van der Waals surface area contributed by atoms with Crippen LogP contribution in [0.15, 0.2) is 65.4 Å². The summed E-state index contributed by atoms with van der Waals surface area (Å²) in [6.45, 7) is 2.69. The van der Waals surface area contributed by atoms with E-state index in [1.165, 1.54) is 0 Å². The summed E-state index contributed by atoms with van der Waals surface area (Å²) in [5.74, 6) is 0.879. The molecule has 28 heavy (non-hydrogen) atoms. The first-order chi connectivity index (χ1) is 13.6. The third-order valence-electron chi connectivity index (χ3n) is 4.13. The summed E-state index contributed by atoms with van der Waals surface area (Å²) in [6, 6.07) is 15.6. The number of rotatable bonds is 7. The lowest BCUT2D eigenvalue weighted by Gasteiger charge is -2.11. The Morgan fingerprint density at radius 1 is 1.21 bits per heavy atom. The summed E-state index contributed by atoms with van der Waals surface area (Å²) >= 11 is 3.48. The highest BCUT2D eigenvalue weighted by Gasteiger charge is 2.19. The van der Waals surface area contributed by atoms with Gasteiger partial charge in [-0.25, -0.2) is 9.78 Å². The average molecular weight is 441 g/mol. The Hall–Kier alpha value is -2.86. The number of ether oxygens (including phenoxy) is 2. The van der Waals surface area contributed by atoms with E-state index in [-0.39, 0.29) is 0 Å². The van der Waals surface area contributed by atoms with Gasteiger partial charge in [0.1, 0.15) is 17.1 Å². The van der Waals surface area contributed by atoms with Crippen LogP contribution in [0, 0.1) is 0 Å². The van der Waals surface area contributed by atoms with Crippen LogP contribution in [0.4, 0.5) is 0 Å². The molecular formula is C22H21BrN2O3. The van der Waals surface area contributed by atoms with Crippen LogP contribution in [0.5, 0.6) is 5.75 Å². The van der Waals surface area contributed by atoms with Gasteiger partial charge in [0, 0.05) is 18.9 Å². The molecule has 0 fully saturated rings. The second kappa shape index (κ2) is 9.37. The zero-order chi connectivity index (χ0) is 19.9. The van der Waals surface area contributed by atoms with Gasteiger partial charge >= 0.3 is 5.97 Å². The Balaban J connectivity index is 2.01. The van der Waals surface area contributed by atoms with Gasteiger partial charge in [-0.15, -0.1) is 0 Å². The van der Waals surface area contributed by atoms with Crippen LogP contribution in [-0.4, -0.2) is 29.2 Å². The number of esters is 1. The molecule has 3 rings (SSSR count). The van der Waals surface area contributed by atoms with Gasteiger partial charge in [-0.2, -0.15) is 0 Å². The van der Waals surface area contributed by atoms with E-state index in [9.17, 15) is 4.79 Å². The predicted molar refractivity (Wildman–Crippen MR) is 113 cm³/mol. The predicted octanol–water partition coefficient (Wildman–Crippen LogP) is 4.81. The van der Waals surface area contributed by atoms with Gasteiger partial charge in [-0.3, -0.25) is 0 Å². The molecule has 0 saturated heterocycles. The molecule has 1 aromatic heterocycles. The molecule has 6 heteroatoms. The molecule has 0 radical (unpaired) electrons. The van der Waals surface area contributed by atoms with Gasteiger partial charge in [0.2, 0.25) is 0 Å². The molecule has 0 aliphatic heterocycles. The fourth-order valence-electron chi connectivity index (χ4n) is 2.82. The zero-order valence-corrected chi connectivity index (χ0v) is 17.3. The lowest BCUT2D eigenvalue weighted by molar-refractivity contribution is -0.136. The first-order valence-corrected chi connectivity index (χ1v) is 9.69. The minimum atomic E-state index is -0.407. The summed E-state index contributed by atoms with van der Waals surface area (Å²) < 4.78 is 13.3. The van der Waals surface area contributed by atoms with Crippen LogP contribution in [-0.2, 0) is 16.1 Å². The Morgan fingerprint density at radius 3 is 2.68 bits per heavy atom. The highest BCUT2D eigenvalue weighted by atomic mass is 79.9. The first kappa shape index (κ1) is 19.9. The molecule has 0 aliphatic rings. The van der Waals surface area contributed by atoms with Crippen LogP contribution in [0.3, 0.4) is 0 Å². The van der Waals surface area contributed by atoms with E-state index >= 15 is 0 Å². The molecular weight excluding hydrogens is 420 g/mol. The van der Waals surface area contributed by atoms with E-state index in [2.05, 4.69) is 20.9 Å². The smallest absolute Gasteiger partial charge is 0.341 e. The van der Waals surface area contributed by atoms with Crippen molar-refractivity contribution >= 4 is 33.5 Å². The summed E-state index contributed by atoms with van der Waals surface area (Å²) in [5, 5.41) is 0. The Morgan fingerprint density at radius 2 is 2.00 bits per heavy atom. The van der Waals surface area contributed by atoms with Crippen molar-refractivity contribution in [1.29, 1.82) is 0 Å². The molecule has 0 saturated carbocycles. The van der Waals surface area contributed by atoms with Crippen molar-refractivity contribution in [2.75, 3.05) is 13.7 Å². The normalized spacial score (nSPS) is 11.3. The third kappa shape index (κ3) is 4.70. The monoisotopic (exact) mass is 440 g/mol. The second-order valence-electron chi connectivity index (χ2n) is 6.04. The van der Waals surface area contributed by atoms with Crippen LogP contribution in [0.25, 0.3) is 11.6 Å². The number of imidazole rings is 1. The minimum absolute atomic E-state index is 0.294. The molecule has 0 atom stereocenters. The number of nitrogens with zero attached hydrogens (tertiary/aromatic N) is 2. The van der Waals surface area contributed by atoms with Crippen molar-refractivity contribution in [2.24, 2.45) is 0 Å². The van der Waals surface area contributed by atoms with Gasteiger partial charge in [0.15, 0.2) is 0 Å². The van der Waals surface area contributed by atoms with Crippen molar-refractivity contribution in [2.45, 2.75) is 13.5 Å². The Bertz CT molecular complexity index is 980. The second-order valence-corrected chi connectivity index (χ2v) is 6.89. The number of carbonyl (C=O) groups excluding carboxylic acids is 1. The summed E-state index contributed by atoms with van der Waals surface area (Å²) in [7, 11) is 1.61. The molecule has 1 heterocycles. The van der Waals surface area contributed by atoms with Crippen molar-refractivity contribution in [3.05, 3.63) is 82.3 Å². The van der Waals surface area contributed by atoms with Gasteiger partial charge < -0.3 is 14.0 Å². The molecule has 0 N–H and O–H groups in total. The molecule has 5 nitrogen and oxygen atoms in total. The summed E-state index contributed by atoms with van der Waals surface area (Å²) in [6.07, 6.45) is 5.33. The van der Waals surface area contributed by atoms with E-state index in [1.54, 1.807) is 26.3 Å². The fourth-order valence-corrected chi connectivity index (χ4v) is 3.38. The summed E-state index contributed by atoms with van der Waals surface area (Å²) in [5.41, 5.74) is 2.36. The van der Waals surface area contributed by atoms with E-state index < -0.39 is 5.97 Å². The zero-order valence-electron chi connectivity index (χ0n) is 15.8. The van der Waals surface area contributed by atoms with Crippen LogP contribution < -0.4 is 4.74 Å². The number of aromatic nitrogens is 2. The molecule has 0 spiro atoms. The van der Waals surface area contributed by atoms with Crippen molar-refractivity contribution < 1.29 is 14.3 Å². The minimum Gasteiger partial charge on any atom is -0.496 e. The first-order valence-electron chi connectivity index (χ1n) is 8.90. The van der Waals surface area contributed by atoms with Gasteiger partial charge in [-0.05, 0) is 52.2 Å². The fraction of sp³-hybridized carbons (Fsp3) is 0.182. The summed E-state index contributed by atoms with van der Waals surface area (Å²) in [4.78, 5) is 17.1. The highest BCUT2D eigenvalue weighted by molar-refractivity contribution is 9.10. The highest BCUT2D eigenvalue weighted by Crippen LogP contribution is 2.28. The maximum atomic E-state index is 12.7. The lowest BCUT2D eigenvalue weighted by Crippen LogP contribution is -2.12. The van der Waals surface area contributed by atoms with E-state index in [0.29, 0.717) is 24.5 Å². The Labute approximate surface area is 172 Å². The van der Waals surface area contributed by atoms with Crippen LogP contribution in [0.1, 0.15) is 23.9 Å². The number of benzene rings is 2. The molecule has 0 aliphatic carbocycles. The van der Waals surface area contributed by atoms with Gasteiger partial charge in [0.05, 0.1) is 18.2 Å². The van der Waals surface area contributed by atoms with E-state index in [1.807, 2.05) is 59.3 Å². The third-order valence-corrected chi connectivity index (χ3v) is 4.75. The number of methoxy groups -OCH3 is 1. The van der Waals surface area contributed by atoms with Crippen molar-refractivity contribution in [3.8, 4) is 5.75 Å². The molecule has 3 aromatic rings. The molecule has 0 amide bonds. The average Bonchev–Trinajstić information content (AvgIpc) is 3.15. The SMILES string of the molecule is CCOC(=O)/C(=C/c1ccc(OC)c(Br)c1)c1nccn1Cc1ccccc1. The lowest BCUT2D eigenvalue weighted by atomic mass is 10.1. The number of halogens is 1. The van der Waals surface area contributed by atoms with Crippen LogP contribution >= 0.6 is 15.9 Å². The molecule has 144 valence electrons. The van der Waals surface area contributed by atoms with Crippen molar-refractivity contribution in [1.82, 2.24) is 9.55 Å². The quantitative estimate of drug-likeness (QED) is 0.390. The molecule has 0 bridgehead atoms. The van der Waals surface area contributed by atoms with Crippen LogP contribution in [0.2, 0.25) is 0 Å². The number of hydrogen-bond acceptors (Lipinski definition) is 4. The largest absolute Gasteiger partial charge is 0.496 e. The molecule has 0 unspecified atom stereocenters. The Kier molecular flexibility index (Phi) is 6.66. The van der Waals surface area contributed by atoms with Crippen molar-refractivity contribution in [3.63, 3.8) is 0 Å². The molecule has 2 aromatic carbocycles. The van der Waals surface area contributed by atoms with E-state index in [4.69, 9.17) is 9.47 Å². The maximum absolute atomic E-state index is 12.7. The topological polar surface area (TPSA) is 53.4 Å². The van der Waals surface area contributed by atoms with Gasteiger partial charge in [0.25, 0.3) is 0 Å². The maximum Gasteiger partial charge on any atom is 0.341 e. The number of hydrogen-bond donors (Lipinski definition) is 0.